The lowest BCUT2D eigenvalue weighted by molar-refractivity contribution is 0.239. The number of urea groups is 1. The van der Waals surface area contributed by atoms with Crippen molar-refractivity contribution in [3.63, 3.8) is 0 Å². The maximum Gasteiger partial charge on any atom is 0.341 e. The first-order valence-electron chi connectivity index (χ1n) is 7.55. The number of nitrogen functional groups attached to an aromatic ring is 1. The van der Waals surface area contributed by atoms with Gasteiger partial charge in [0.05, 0.1) is 11.8 Å². The molecular formula is C18H17N3O. The first-order chi connectivity index (χ1) is 10.7. The van der Waals surface area contributed by atoms with Gasteiger partial charge in [-0.3, -0.25) is 0 Å². The first-order valence-corrected chi connectivity index (χ1v) is 7.55. The number of benzene rings is 2. The molecule has 22 heavy (non-hydrogen) atoms. The molecule has 0 saturated carbocycles. The zero-order valence-electron chi connectivity index (χ0n) is 12.1. The molecule has 4 rings (SSSR count). The van der Waals surface area contributed by atoms with Crippen LogP contribution in [0.3, 0.4) is 0 Å². The van der Waals surface area contributed by atoms with E-state index < -0.39 is 0 Å². The van der Waals surface area contributed by atoms with Crippen LogP contribution in [0.5, 0.6) is 0 Å². The summed E-state index contributed by atoms with van der Waals surface area (Å²) in [4.78, 5) is 16.3. The quantitative estimate of drug-likeness (QED) is 0.793. The van der Waals surface area contributed by atoms with Gasteiger partial charge in [0.2, 0.25) is 0 Å². The topological polar surface area (TPSA) is 67.5 Å². The predicted molar refractivity (Wildman–Crippen MR) is 86.9 cm³/mol. The second-order valence-electron chi connectivity index (χ2n) is 5.89. The van der Waals surface area contributed by atoms with Crippen molar-refractivity contribution >= 4 is 17.4 Å². The Balaban J connectivity index is 1.78. The minimum absolute atomic E-state index is 0.0334. The minimum atomic E-state index is -0.259. The second-order valence-corrected chi connectivity index (χ2v) is 5.89. The number of amides is 2. The summed E-state index contributed by atoms with van der Waals surface area (Å²) < 4.78 is 0. The van der Waals surface area contributed by atoms with Crippen LogP contribution in [0, 0.1) is 5.92 Å². The van der Waals surface area contributed by atoms with Crippen LogP contribution >= 0.6 is 0 Å². The molecule has 2 atom stereocenters. The number of hydrogen-bond acceptors (Lipinski definition) is 2. The van der Waals surface area contributed by atoms with E-state index in [0.717, 1.165) is 35.4 Å². The minimum Gasteiger partial charge on any atom is -0.399 e. The Morgan fingerprint density at radius 3 is 2.68 bits per heavy atom. The number of hydrogen-bond donors (Lipinski definition) is 2. The normalized spacial score (nSPS) is 23.1. The molecule has 1 aliphatic carbocycles. The van der Waals surface area contributed by atoms with Gasteiger partial charge in [0.15, 0.2) is 0 Å². The zero-order chi connectivity index (χ0) is 15.1. The molecule has 0 spiro atoms. The van der Waals surface area contributed by atoms with E-state index in [4.69, 9.17) is 5.73 Å². The number of nitrogens with two attached hydrogens (primary N) is 1. The third-order valence-electron chi connectivity index (χ3n) is 4.57. The average molecular weight is 291 g/mol. The van der Waals surface area contributed by atoms with E-state index in [1.165, 1.54) is 5.56 Å². The van der Waals surface area contributed by atoms with Crippen molar-refractivity contribution in [2.45, 2.75) is 18.9 Å². The summed E-state index contributed by atoms with van der Waals surface area (Å²) in [6, 6.07) is 15.7. The Labute approximate surface area is 129 Å². The van der Waals surface area contributed by atoms with Crippen molar-refractivity contribution in [1.29, 1.82) is 0 Å². The number of rotatable bonds is 1. The highest BCUT2D eigenvalue weighted by Crippen LogP contribution is 2.37. The van der Waals surface area contributed by atoms with Gasteiger partial charge in [-0.15, -0.1) is 0 Å². The van der Waals surface area contributed by atoms with Crippen molar-refractivity contribution in [2.75, 3.05) is 5.73 Å². The third kappa shape index (κ3) is 2.08. The highest BCUT2D eigenvalue weighted by Gasteiger charge is 2.37. The molecule has 2 aliphatic rings. The Kier molecular flexibility index (Phi) is 2.96. The lowest BCUT2D eigenvalue weighted by atomic mass is 9.75. The summed E-state index contributed by atoms with van der Waals surface area (Å²) in [5.41, 5.74) is 10.9. The molecule has 2 aromatic carbocycles. The summed E-state index contributed by atoms with van der Waals surface area (Å²) >= 11 is 0. The van der Waals surface area contributed by atoms with E-state index in [-0.39, 0.29) is 18.0 Å². The van der Waals surface area contributed by atoms with Crippen LogP contribution < -0.4 is 11.1 Å². The number of carbonyl (C=O) groups excluding carboxylic acids is 1. The lowest BCUT2D eigenvalue weighted by Crippen LogP contribution is -2.43. The Bertz CT molecular complexity index is 764. The molecular weight excluding hydrogens is 274 g/mol. The van der Waals surface area contributed by atoms with Crippen molar-refractivity contribution in [3.8, 4) is 0 Å². The number of fused-ring (bicyclic) bond motifs is 3. The second kappa shape index (κ2) is 4.98. The molecule has 4 heteroatoms. The van der Waals surface area contributed by atoms with E-state index in [1.54, 1.807) is 0 Å². The summed E-state index contributed by atoms with van der Waals surface area (Å²) in [7, 11) is 0. The molecule has 0 aromatic heterocycles. The molecule has 1 aliphatic heterocycles. The molecule has 110 valence electrons. The van der Waals surface area contributed by atoms with Crippen molar-refractivity contribution in [1.82, 2.24) is 5.32 Å². The number of aliphatic imine (C=N–C) groups is 1. The monoisotopic (exact) mass is 291 g/mol. The average Bonchev–Trinajstić information content (AvgIpc) is 2.55. The third-order valence-corrected chi connectivity index (χ3v) is 4.57. The van der Waals surface area contributed by atoms with Crippen LogP contribution in [-0.4, -0.2) is 11.7 Å². The molecule has 4 nitrogen and oxygen atoms in total. The zero-order valence-corrected chi connectivity index (χ0v) is 12.1. The smallest absolute Gasteiger partial charge is 0.341 e. The molecule has 1 heterocycles. The lowest BCUT2D eigenvalue weighted by Gasteiger charge is -2.36. The summed E-state index contributed by atoms with van der Waals surface area (Å²) in [5, 5.41) is 3.01. The van der Waals surface area contributed by atoms with Crippen LogP contribution in [0.2, 0.25) is 0 Å². The number of nitrogens with one attached hydrogen (secondary N) is 1. The van der Waals surface area contributed by atoms with E-state index in [1.807, 2.05) is 36.4 Å². The number of anilines is 1. The van der Waals surface area contributed by atoms with E-state index in [0.29, 0.717) is 0 Å². The standard InChI is InChI=1S/C18H17N3O/c19-13-8-5-12(6-9-13)16-15-10-7-11-3-1-2-4-14(11)17(15)21-18(22)20-16/h1-6,8-9,15-16H,7,10,19H2,(H,20,22). The fourth-order valence-electron chi connectivity index (χ4n) is 3.50. The molecule has 2 aromatic rings. The largest absolute Gasteiger partial charge is 0.399 e. The first kappa shape index (κ1) is 13.1. The molecule has 0 bridgehead atoms. The van der Waals surface area contributed by atoms with Crippen LogP contribution in [0.25, 0.3) is 0 Å². The fraction of sp³-hybridized carbons (Fsp3) is 0.222. The van der Waals surface area contributed by atoms with Crippen LogP contribution in [0.1, 0.15) is 29.2 Å². The molecule has 0 saturated heterocycles. The number of nitrogens with zero attached hydrogens (tertiary/aromatic N) is 1. The van der Waals surface area contributed by atoms with Crippen molar-refractivity contribution in [2.24, 2.45) is 10.9 Å². The van der Waals surface area contributed by atoms with Crippen molar-refractivity contribution in [3.05, 3.63) is 65.2 Å². The summed E-state index contributed by atoms with van der Waals surface area (Å²) in [6.45, 7) is 0. The Morgan fingerprint density at radius 1 is 1.09 bits per heavy atom. The Hall–Kier alpha value is -2.62. The van der Waals surface area contributed by atoms with E-state index >= 15 is 0 Å². The van der Waals surface area contributed by atoms with Crippen LogP contribution in [-0.2, 0) is 6.42 Å². The molecule has 2 unspecified atom stereocenters. The molecule has 0 fully saturated rings. The maximum absolute atomic E-state index is 12.1. The van der Waals surface area contributed by atoms with Gasteiger partial charge in [-0.1, -0.05) is 36.4 Å². The number of aryl methyl sites for hydroxylation is 1. The number of carbonyl (C=O) groups is 1. The fourth-order valence-corrected chi connectivity index (χ4v) is 3.50. The molecule has 3 N–H and O–H groups in total. The SMILES string of the molecule is Nc1ccc(C2NC(=O)N=C3c4ccccc4CCC32)cc1. The van der Waals surface area contributed by atoms with Gasteiger partial charge in [0.25, 0.3) is 0 Å². The summed E-state index contributed by atoms with van der Waals surface area (Å²) in [6.07, 6.45) is 2.01. The summed E-state index contributed by atoms with van der Waals surface area (Å²) in [5.74, 6) is 0.219. The van der Waals surface area contributed by atoms with Gasteiger partial charge in [-0.2, -0.15) is 4.99 Å². The van der Waals surface area contributed by atoms with Gasteiger partial charge in [0, 0.05) is 11.6 Å². The molecule has 2 amide bonds. The van der Waals surface area contributed by atoms with Gasteiger partial charge < -0.3 is 11.1 Å². The highest BCUT2D eigenvalue weighted by molar-refractivity contribution is 6.11. The van der Waals surface area contributed by atoms with Gasteiger partial charge >= 0.3 is 6.03 Å². The van der Waals surface area contributed by atoms with Gasteiger partial charge in [-0.25, -0.2) is 4.79 Å². The van der Waals surface area contributed by atoms with Gasteiger partial charge in [-0.05, 0) is 41.7 Å². The van der Waals surface area contributed by atoms with E-state index in [9.17, 15) is 4.79 Å². The molecule has 0 radical (unpaired) electrons. The predicted octanol–water partition coefficient (Wildman–Crippen LogP) is 3.08. The Morgan fingerprint density at radius 2 is 1.86 bits per heavy atom. The van der Waals surface area contributed by atoms with Crippen LogP contribution in [0.4, 0.5) is 10.5 Å². The van der Waals surface area contributed by atoms with Crippen molar-refractivity contribution < 1.29 is 4.79 Å². The highest BCUT2D eigenvalue weighted by atomic mass is 16.2. The van der Waals surface area contributed by atoms with Crippen LogP contribution in [0.15, 0.2) is 53.5 Å². The maximum atomic E-state index is 12.1. The van der Waals surface area contributed by atoms with E-state index in [2.05, 4.69) is 22.4 Å². The van der Waals surface area contributed by atoms with Gasteiger partial charge in [0.1, 0.15) is 0 Å².